The Bertz CT molecular complexity index is 781. The van der Waals surface area contributed by atoms with Crippen LogP contribution < -0.4 is 10.6 Å². The third-order valence-corrected chi connectivity index (χ3v) is 6.02. The van der Waals surface area contributed by atoms with Gasteiger partial charge in [0.25, 0.3) is 0 Å². The number of benzene rings is 1. The van der Waals surface area contributed by atoms with Crippen molar-refractivity contribution in [2.24, 2.45) is 10.9 Å². The number of likely N-dealkylation sites (tertiary alicyclic amines) is 1. The van der Waals surface area contributed by atoms with Crippen LogP contribution in [-0.2, 0) is 19.3 Å². The van der Waals surface area contributed by atoms with Gasteiger partial charge in [0.05, 0.1) is 5.56 Å². The van der Waals surface area contributed by atoms with Crippen molar-refractivity contribution >= 4 is 17.3 Å². The first kappa shape index (κ1) is 21.6. The summed E-state index contributed by atoms with van der Waals surface area (Å²) in [6, 6.07) is 9.64. The maximum absolute atomic E-state index is 12.8. The van der Waals surface area contributed by atoms with Crippen LogP contribution in [-0.4, -0.2) is 37.5 Å². The van der Waals surface area contributed by atoms with Gasteiger partial charge in [0, 0.05) is 31.6 Å². The molecule has 0 unspecified atom stereocenters. The normalized spacial score (nSPS) is 16.8. The fourth-order valence-corrected chi connectivity index (χ4v) is 4.22. The van der Waals surface area contributed by atoms with Crippen molar-refractivity contribution in [3.05, 3.63) is 57.8 Å². The Morgan fingerprint density at radius 1 is 1.17 bits per heavy atom. The molecule has 1 aromatic heterocycles. The van der Waals surface area contributed by atoms with Gasteiger partial charge in [-0.2, -0.15) is 13.2 Å². The van der Waals surface area contributed by atoms with Crippen LogP contribution in [0.5, 0.6) is 0 Å². The van der Waals surface area contributed by atoms with E-state index in [-0.39, 0.29) is 0 Å². The molecule has 8 heteroatoms. The first-order chi connectivity index (χ1) is 13.9. The van der Waals surface area contributed by atoms with Crippen LogP contribution in [0, 0.1) is 5.92 Å². The van der Waals surface area contributed by atoms with E-state index in [1.165, 1.54) is 17.0 Å². The maximum Gasteiger partial charge on any atom is 0.416 e. The molecule has 2 aromatic rings. The number of halogens is 3. The first-order valence-corrected chi connectivity index (χ1v) is 10.7. The van der Waals surface area contributed by atoms with E-state index in [1.807, 2.05) is 0 Å². The summed E-state index contributed by atoms with van der Waals surface area (Å²) in [5, 5.41) is 8.53. The summed E-state index contributed by atoms with van der Waals surface area (Å²) >= 11 is 1.80. The van der Waals surface area contributed by atoms with Crippen LogP contribution in [0.3, 0.4) is 0 Å². The molecule has 0 radical (unpaired) electrons. The Morgan fingerprint density at radius 3 is 2.62 bits per heavy atom. The van der Waals surface area contributed by atoms with Gasteiger partial charge >= 0.3 is 6.18 Å². The number of thiophene rings is 1. The second-order valence-electron chi connectivity index (χ2n) is 7.30. The number of nitrogens with zero attached hydrogens (tertiary/aromatic N) is 2. The molecule has 2 heterocycles. The molecule has 4 nitrogen and oxygen atoms in total. The lowest BCUT2D eigenvalue weighted by atomic mass is 9.97. The fourth-order valence-electron chi connectivity index (χ4n) is 3.48. The second kappa shape index (κ2) is 10.1. The molecule has 1 saturated heterocycles. The zero-order valence-corrected chi connectivity index (χ0v) is 17.3. The van der Waals surface area contributed by atoms with Crippen molar-refractivity contribution in [2.45, 2.75) is 32.1 Å². The highest BCUT2D eigenvalue weighted by atomic mass is 32.1. The number of alkyl halides is 3. The van der Waals surface area contributed by atoms with Gasteiger partial charge in [0.2, 0.25) is 0 Å². The zero-order valence-electron chi connectivity index (χ0n) is 16.5. The van der Waals surface area contributed by atoms with Gasteiger partial charge in [-0.15, -0.1) is 11.3 Å². The first-order valence-electron chi connectivity index (χ1n) is 9.79. The molecule has 0 bridgehead atoms. The fraction of sp³-hybridized carbons (Fsp3) is 0.476. The lowest BCUT2D eigenvalue weighted by Crippen LogP contribution is -2.42. The van der Waals surface area contributed by atoms with Crippen molar-refractivity contribution in [1.82, 2.24) is 15.5 Å². The van der Waals surface area contributed by atoms with E-state index >= 15 is 0 Å². The SMILES string of the molecule is CN=C(NCc1cccc(C(F)(F)F)c1)NCC1CCN(Cc2cccs2)CC1. The molecule has 0 spiro atoms. The van der Waals surface area contributed by atoms with Crippen LogP contribution in [0.25, 0.3) is 0 Å². The van der Waals surface area contributed by atoms with Crippen molar-refractivity contribution in [1.29, 1.82) is 0 Å². The highest BCUT2D eigenvalue weighted by Crippen LogP contribution is 2.29. The van der Waals surface area contributed by atoms with Crippen molar-refractivity contribution in [3.63, 3.8) is 0 Å². The predicted molar refractivity (Wildman–Crippen MR) is 112 cm³/mol. The quantitative estimate of drug-likeness (QED) is 0.535. The molecule has 0 aliphatic carbocycles. The van der Waals surface area contributed by atoms with Gasteiger partial charge in [0.1, 0.15) is 0 Å². The number of rotatable bonds is 6. The van der Waals surface area contributed by atoms with Crippen LogP contribution in [0.2, 0.25) is 0 Å². The summed E-state index contributed by atoms with van der Waals surface area (Å²) < 4.78 is 38.5. The summed E-state index contributed by atoms with van der Waals surface area (Å²) in [7, 11) is 1.67. The van der Waals surface area contributed by atoms with Crippen molar-refractivity contribution in [3.8, 4) is 0 Å². The number of nitrogens with one attached hydrogen (secondary N) is 2. The Balaban J connectivity index is 1.40. The van der Waals surface area contributed by atoms with Crippen LogP contribution in [0.15, 0.2) is 46.8 Å². The molecule has 3 rings (SSSR count). The smallest absolute Gasteiger partial charge is 0.356 e. The molecule has 1 aliphatic heterocycles. The van der Waals surface area contributed by atoms with Crippen molar-refractivity contribution < 1.29 is 13.2 Å². The summed E-state index contributed by atoms with van der Waals surface area (Å²) in [5.74, 6) is 1.19. The van der Waals surface area contributed by atoms with Gasteiger partial charge in [-0.3, -0.25) is 9.89 Å². The molecule has 0 atom stereocenters. The summed E-state index contributed by atoms with van der Waals surface area (Å²) in [6.45, 7) is 4.30. The minimum absolute atomic E-state index is 0.294. The van der Waals surface area contributed by atoms with Gasteiger partial charge in [-0.25, -0.2) is 0 Å². The third kappa shape index (κ3) is 6.75. The number of piperidine rings is 1. The molecule has 0 amide bonds. The van der Waals surface area contributed by atoms with E-state index in [0.29, 0.717) is 24.0 Å². The van der Waals surface area contributed by atoms with E-state index in [1.54, 1.807) is 24.5 Å². The molecule has 29 heavy (non-hydrogen) atoms. The second-order valence-corrected chi connectivity index (χ2v) is 8.34. The number of aliphatic imine (C=N–C) groups is 1. The number of hydrogen-bond acceptors (Lipinski definition) is 3. The van der Waals surface area contributed by atoms with Crippen LogP contribution in [0.4, 0.5) is 13.2 Å². The Labute approximate surface area is 173 Å². The predicted octanol–water partition coefficient (Wildman–Crippen LogP) is 4.34. The molecule has 1 fully saturated rings. The van der Waals surface area contributed by atoms with Gasteiger partial charge in [0.15, 0.2) is 5.96 Å². The van der Waals surface area contributed by atoms with Crippen LogP contribution >= 0.6 is 11.3 Å². The molecular formula is C21H27F3N4S. The summed E-state index contributed by atoms with van der Waals surface area (Å²) in [6.07, 6.45) is -2.07. The van der Waals surface area contributed by atoms with E-state index in [2.05, 4.69) is 38.0 Å². The lowest BCUT2D eigenvalue weighted by Gasteiger charge is -2.32. The van der Waals surface area contributed by atoms with Gasteiger partial charge in [-0.1, -0.05) is 18.2 Å². The molecule has 158 valence electrons. The number of guanidine groups is 1. The minimum atomic E-state index is -4.33. The topological polar surface area (TPSA) is 39.7 Å². The summed E-state index contributed by atoms with van der Waals surface area (Å²) in [4.78, 5) is 8.08. The Hall–Kier alpha value is -2.06. The average Bonchev–Trinajstić information content (AvgIpc) is 3.22. The minimum Gasteiger partial charge on any atom is -0.356 e. The highest BCUT2D eigenvalue weighted by Gasteiger charge is 2.30. The van der Waals surface area contributed by atoms with E-state index < -0.39 is 11.7 Å². The monoisotopic (exact) mass is 424 g/mol. The van der Waals surface area contributed by atoms with Crippen LogP contribution in [0.1, 0.15) is 28.8 Å². The molecular weight excluding hydrogens is 397 g/mol. The zero-order chi connectivity index (χ0) is 20.7. The molecule has 1 aromatic carbocycles. The molecule has 0 saturated carbocycles. The summed E-state index contributed by atoms with van der Waals surface area (Å²) in [5.41, 5.74) is -0.0567. The third-order valence-electron chi connectivity index (χ3n) is 5.16. The molecule has 1 aliphatic rings. The highest BCUT2D eigenvalue weighted by molar-refractivity contribution is 7.09. The van der Waals surface area contributed by atoms with Gasteiger partial charge in [-0.05, 0) is 61.0 Å². The number of hydrogen-bond donors (Lipinski definition) is 2. The standard InChI is InChI=1S/C21H27F3N4S/c1-25-20(27-14-17-4-2-5-18(12-17)21(22,23)24)26-13-16-7-9-28(10-8-16)15-19-6-3-11-29-19/h2-6,11-12,16H,7-10,13-15H2,1H3,(H2,25,26,27). The average molecular weight is 425 g/mol. The van der Waals surface area contributed by atoms with E-state index in [9.17, 15) is 13.2 Å². The Morgan fingerprint density at radius 2 is 1.97 bits per heavy atom. The van der Waals surface area contributed by atoms with E-state index in [4.69, 9.17) is 0 Å². The van der Waals surface area contributed by atoms with E-state index in [0.717, 1.165) is 45.1 Å². The van der Waals surface area contributed by atoms with Gasteiger partial charge < -0.3 is 10.6 Å². The Kier molecular flexibility index (Phi) is 7.55. The lowest BCUT2D eigenvalue weighted by molar-refractivity contribution is -0.137. The maximum atomic E-state index is 12.8. The van der Waals surface area contributed by atoms with Crippen molar-refractivity contribution in [2.75, 3.05) is 26.7 Å². The largest absolute Gasteiger partial charge is 0.416 e. The molecule has 2 N–H and O–H groups in total.